The van der Waals surface area contributed by atoms with E-state index in [-0.39, 0.29) is 11.9 Å². The molecule has 0 radical (unpaired) electrons. The third-order valence-electron chi connectivity index (χ3n) is 3.59. The van der Waals surface area contributed by atoms with Gasteiger partial charge in [-0.05, 0) is 55.0 Å². The van der Waals surface area contributed by atoms with Crippen LogP contribution >= 0.6 is 27.3 Å². The molecular formula is C15H15BrFNS. The van der Waals surface area contributed by atoms with Gasteiger partial charge in [0.2, 0.25) is 0 Å². The average Bonchev–Trinajstić information content (AvgIpc) is 2.93. The molecule has 1 heterocycles. The lowest BCUT2D eigenvalue weighted by atomic mass is 10.0. The van der Waals surface area contributed by atoms with E-state index in [2.05, 4.69) is 22.0 Å². The number of thiophene rings is 1. The molecule has 0 amide bonds. The van der Waals surface area contributed by atoms with E-state index in [4.69, 9.17) is 5.73 Å². The van der Waals surface area contributed by atoms with E-state index in [1.165, 1.54) is 46.7 Å². The van der Waals surface area contributed by atoms with Crippen LogP contribution in [0.25, 0.3) is 0 Å². The summed E-state index contributed by atoms with van der Waals surface area (Å²) in [5.41, 5.74) is 8.83. The van der Waals surface area contributed by atoms with E-state index in [0.29, 0.717) is 0 Å². The van der Waals surface area contributed by atoms with Gasteiger partial charge in [0, 0.05) is 20.3 Å². The van der Waals surface area contributed by atoms with Gasteiger partial charge in [-0.3, -0.25) is 0 Å². The second-order valence-corrected chi connectivity index (χ2v) is 7.02. The van der Waals surface area contributed by atoms with Gasteiger partial charge in [-0.2, -0.15) is 0 Å². The number of hydrogen-bond donors (Lipinski definition) is 1. The lowest BCUT2D eigenvalue weighted by molar-refractivity contribution is 0.624. The summed E-state index contributed by atoms with van der Waals surface area (Å²) >= 11 is 5.24. The first kappa shape index (κ1) is 13.3. The van der Waals surface area contributed by atoms with Crippen molar-refractivity contribution < 1.29 is 4.39 Å². The summed E-state index contributed by atoms with van der Waals surface area (Å²) in [6.45, 7) is 0. The molecular weight excluding hydrogens is 325 g/mol. The number of rotatable bonds is 3. The Labute approximate surface area is 124 Å². The highest BCUT2D eigenvalue weighted by atomic mass is 79.9. The molecule has 2 aromatic rings. The van der Waals surface area contributed by atoms with Crippen molar-refractivity contribution in [1.29, 1.82) is 0 Å². The third kappa shape index (κ3) is 2.76. The molecule has 0 aliphatic heterocycles. The molecule has 1 nitrogen and oxygen atoms in total. The van der Waals surface area contributed by atoms with E-state index < -0.39 is 0 Å². The molecule has 1 aliphatic carbocycles. The van der Waals surface area contributed by atoms with Gasteiger partial charge in [-0.15, -0.1) is 11.3 Å². The molecule has 2 N–H and O–H groups in total. The first-order chi connectivity index (χ1) is 9.13. The van der Waals surface area contributed by atoms with Gasteiger partial charge in [0.25, 0.3) is 0 Å². The highest BCUT2D eigenvalue weighted by molar-refractivity contribution is 9.10. The molecule has 0 bridgehead atoms. The van der Waals surface area contributed by atoms with Crippen LogP contribution in [-0.2, 0) is 19.3 Å². The second kappa shape index (κ2) is 5.35. The molecule has 3 rings (SSSR count). The van der Waals surface area contributed by atoms with Crippen LogP contribution in [-0.4, -0.2) is 0 Å². The number of benzene rings is 1. The van der Waals surface area contributed by atoms with Crippen LogP contribution in [0.5, 0.6) is 0 Å². The van der Waals surface area contributed by atoms with Crippen LogP contribution in [0, 0.1) is 5.82 Å². The van der Waals surface area contributed by atoms with Crippen molar-refractivity contribution in [3.05, 3.63) is 55.4 Å². The number of hydrogen-bond acceptors (Lipinski definition) is 2. The Kier molecular flexibility index (Phi) is 3.74. The molecule has 1 aromatic heterocycles. The van der Waals surface area contributed by atoms with Crippen LogP contribution in [0.3, 0.4) is 0 Å². The maximum Gasteiger partial charge on any atom is 0.124 e. The summed E-state index contributed by atoms with van der Waals surface area (Å²) in [7, 11) is 0. The van der Waals surface area contributed by atoms with Gasteiger partial charge in [0.05, 0.1) is 0 Å². The van der Waals surface area contributed by atoms with Crippen LogP contribution in [0.4, 0.5) is 4.39 Å². The fourth-order valence-electron chi connectivity index (χ4n) is 2.56. The van der Waals surface area contributed by atoms with Crippen molar-refractivity contribution in [2.45, 2.75) is 31.7 Å². The monoisotopic (exact) mass is 339 g/mol. The predicted molar refractivity (Wildman–Crippen MR) is 81.1 cm³/mol. The summed E-state index contributed by atoms with van der Waals surface area (Å²) in [4.78, 5) is 2.75. The summed E-state index contributed by atoms with van der Waals surface area (Å²) in [6.07, 6.45) is 4.41. The van der Waals surface area contributed by atoms with Gasteiger partial charge < -0.3 is 5.73 Å². The largest absolute Gasteiger partial charge is 0.323 e. The lowest BCUT2D eigenvalue weighted by Crippen LogP contribution is -2.12. The van der Waals surface area contributed by atoms with Crippen molar-refractivity contribution in [2.24, 2.45) is 5.73 Å². The van der Waals surface area contributed by atoms with Gasteiger partial charge >= 0.3 is 0 Å². The Hall–Kier alpha value is -0.710. The van der Waals surface area contributed by atoms with Crippen molar-refractivity contribution in [1.82, 2.24) is 0 Å². The minimum absolute atomic E-state index is 0.00244. The molecule has 1 aliphatic rings. The van der Waals surface area contributed by atoms with Crippen LogP contribution in [0.15, 0.2) is 28.7 Å². The maximum absolute atomic E-state index is 13.1. The van der Waals surface area contributed by atoms with Gasteiger partial charge in [-0.1, -0.05) is 22.0 Å². The second-order valence-electron chi connectivity index (χ2n) is 5.00. The number of aryl methyl sites for hydroxylation is 2. The van der Waals surface area contributed by atoms with Crippen molar-refractivity contribution >= 4 is 27.3 Å². The standard InChI is InChI=1S/C15H15BrFNS/c16-12-8-11(17)5-4-9(12)6-13(18)15-7-10-2-1-3-14(10)19-15/h4-5,7-8,13H,1-3,6,18H2. The zero-order valence-corrected chi connectivity index (χ0v) is 12.9. The first-order valence-corrected chi connectivity index (χ1v) is 8.05. The molecule has 1 atom stereocenters. The summed E-state index contributed by atoms with van der Waals surface area (Å²) < 4.78 is 13.9. The zero-order chi connectivity index (χ0) is 13.4. The molecule has 0 fully saturated rings. The lowest BCUT2D eigenvalue weighted by Gasteiger charge is -2.11. The number of halogens is 2. The van der Waals surface area contributed by atoms with E-state index >= 15 is 0 Å². The highest BCUT2D eigenvalue weighted by Gasteiger charge is 2.18. The smallest absolute Gasteiger partial charge is 0.124 e. The topological polar surface area (TPSA) is 26.0 Å². The fraction of sp³-hybridized carbons (Fsp3) is 0.333. The van der Waals surface area contributed by atoms with E-state index in [1.807, 2.05) is 11.3 Å². The Morgan fingerprint density at radius 3 is 2.89 bits per heavy atom. The first-order valence-electron chi connectivity index (χ1n) is 6.44. The predicted octanol–water partition coefficient (Wildman–Crippen LogP) is 4.38. The Morgan fingerprint density at radius 1 is 1.32 bits per heavy atom. The third-order valence-corrected chi connectivity index (χ3v) is 5.69. The summed E-state index contributed by atoms with van der Waals surface area (Å²) in [6, 6.07) is 7.05. The van der Waals surface area contributed by atoms with Crippen LogP contribution in [0.1, 0.15) is 33.3 Å². The quantitative estimate of drug-likeness (QED) is 0.882. The van der Waals surface area contributed by atoms with E-state index in [0.717, 1.165) is 16.5 Å². The Morgan fingerprint density at radius 2 is 2.16 bits per heavy atom. The highest BCUT2D eigenvalue weighted by Crippen LogP contribution is 2.34. The number of nitrogens with two attached hydrogens (primary N) is 1. The van der Waals surface area contributed by atoms with Gasteiger partial charge in [0.15, 0.2) is 0 Å². The molecule has 100 valence electrons. The van der Waals surface area contributed by atoms with E-state index in [1.54, 1.807) is 6.07 Å². The minimum Gasteiger partial charge on any atom is -0.323 e. The van der Waals surface area contributed by atoms with Crippen LogP contribution < -0.4 is 5.73 Å². The van der Waals surface area contributed by atoms with Gasteiger partial charge in [-0.25, -0.2) is 4.39 Å². The normalized spacial score (nSPS) is 15.5. The summed E-state index contributed by atoms with van der Waals surface area (Å²) in [5.74, 6) is -0.223. The molecule has 19 heavy (non-hydrogen) atoms. The van der Waals surface area contributed by atoms with Crippen molar-refractivity contribution in [2.75, 3.05) is 0 Å². The van der Waals surface area contributed by atoms with E-state index in [9.17, 15) is 4.39 Å². The molecule has 0 saturated heterocycles. The van der Waals surface area contributed by atoms with Crippen LogP contribution in [0.2, 0.25) is 0 Å². The fourth-order valence-corrected chi connectivity index (χ4v) is 4.33. The molecule has 4 heteroatoms. The van der Waals surface area contributed by atoms with Gasteiger partial charge in [0.1, 0.15) is 5.82 Å². The van der Waals surface area contributed by atoms with Crippen molar-refractivity contribution in [3.63, 3.8) is 0 Å². The Bertz CT molecular complexity index is 587. The molecule has 1 unspecified atom stereocenters. The Balaban J connectivity index is 1.78. The maximum atomic E-state index is 13.1. The molecule has 0 saturated carbocycles. The number of fused-ring (bicyclic) bond motifs is 1. The molecule has 0 spiro atoms. The average molecular weight is 340 g/mol. The summed E-state index contributed by atoms with van der Waals surface area (Å²) in [5, 5.41) is 0. The SMILES string of the molecule is NC(Cc1ccc(F)cc1Br)c1cc2c(s1)CCC2. The molecule has 1 aromatic carbocycles. The zero-order valence-electron chi connectivity index (χ0n) is 10.5. The van der Waals surface area contributed by atoms with Crippen molar-refractivity contribution in [3.8, 4) is 0 Å². The minimum atomic E-state index is -0.223.